The number of aromatic nitrogens is 1. The highest BCUT2D eigenvalue weighted by Crippen LogP contribution is 2.30. The first-order valence-corrected chi connectivity index (χ1v) is 10.5. The van der Waals surface area contributed by atoms with Gasteiger partial charge in [0.15, 0.2) is 11.4 Å². The molecule has 30 heavy (non-hydrogen) atoms. The normalized spacial score (nSPS) is 19.7. The van der Waals surface area contributed by atoms with Crippen LogP contribution in [-0.4, -0.2) is 46.8 Å². The maximum Gasteiger partial charge on any atom is 0.410 e. The van der Waals surface area contributed by atoms with E-state index in [4.69, 9.17) is 15.0 Å². The van der Waals surface area contributed by atoms with Gasteiger partial charge in [-0.1, -0.05) is 11.2 Å². The summed E-state index contributed by atoms with van der Waals surface area (Å²) < 4.78 is 10.9. The SMILES string of the molecule is C[C@H]1CC(Cc2ccc3onc(NCCC(N)=O)c3c2)CCN1C(=O)OC(C)(C)C. The van der Waals surface area contributed by atoms with E-state index in [0.717, 1.165) is 24.6 Å². The fraction of sp³-hybridized carbons (Fsp3) is 0.591. The van der Waals surface area contributed by atoms with Crippen LogP contribution in [0.5, 0.6) is 0 Å². The van der Waals surface area contributed by atoms with Crippen molar-refractivity contribution in [2.45, 2.75) is 65.0 Å². The highest BCUT2D eigenvalue weighted by molar-refractivity contribution is 5.88. The molecule has 2 amide bonds. The number of rotatable bonds is 6. The lowest BCUT2D eigenvalue weighted by Crippen LogP contribution is -2.47. The van der Waals surface area contributed by atoms with Crippen LogP contribution in [-0.2, 0) is 16.0 Å². The first-order valence-electron chi connectivity index (χ1n) is 10.5. The van der Waals surface area contributed by atoms with Crippen LogP contribution < -0.4 is 11.1 Å². The molecule has 3 N–H and O–H groups in total. The number of fused-ring (bicyclic) bond motifs is 1. The fourth-order valence-corrected chi connectivity index (χ4v) is 3.92. The van der Waals surface area contributed by atoms with Gasteiger partial charge in [0, 0.05) is 25.6 Å². The zero-order valence-corrected chi connectivity index (χ0v) is 18.2. The number of nitrogens with one attached hydrogen (secondary N) is 1. The summed E-state index contributed by atoms with van der Waals surface area (Å²) in [6.07, 6.45) is 2.81. The third-order valence-electron chi connectivity index (χ3n) is 5.34. The van der Waals surface area contributed by atoms with Gasteiger partial charge in [0.25, 0.3) is 0 Å². The lowest BCUT2D eigenvalue weighted by atomic mass is 9.86. The molecule has 1 aromatic carbocycles. The molecule has 2 heterocycles. The number of amides is 2. The maximum atomic E-state index is 12.4. The molecule has 8 nitrogen and oxygen atoms in total. The molecule has 0 spiro atoms. The fourth-order valence-electron chi connectivity index (χ4n) is 3.92. The second kappa shape index (κ2) is 8.93. The summed E-state index contributed by atoms with van der Waals surface area (Å²) in [6, 6.07) is 6.22. The predicted molar refractivity (Wildman–Crippen MR) is 115 cm³/mol. The van der Waals surface area contributed by atoms with Crippen LogP contribution in [0, 0.1) is 5.92 Å². The minimum Gasteiger partial charge on any atom is -0.444 e. The monoisotopic (exact) mass is 416 g/mol. The number of carbonyl (C=O) groups excluding carboxylic acids is 2. The molecule has 0 saturated carbocycles. The molecule has 1 unspecified atom stereocenters. The third-order valence-corrected chi connectivity index (χ3v) is 5.34. The Bertz CT molecular complexity index is 902. The van der Waals surface area contributed by atoms with E-state index >= 15 is 0 Å². The molecular weight excluding hydrogens is 384 g/mol. The molecule has 1 aromatic heterocycles. The van der Waals surface area contributed by atoms with Gasteiger partial charge in [-0.3, -0.25) is 4.79 Å². The van der Waals surface area contributed by atoms with Crippen molar-refractivity contribution in [2.75, 3.05) is 18.4 Å². The van der Waals surface area contributed by atoms with Crippen LogP contribution in [0.15, 0.2) is 22.7 Å². The Balaban J connectivity index is 1.61. The standard InChI is InChI=1S/C22H32N4O4/c1-14-11-16(8-10-26(14)21(28)29-22(2,3)4)12-15-5-6-18-17(13-15)20(25-30-18)24-9-7-19(23)27/h5-6,13-14,16H,7-12H2,1-4H3,(H2,23,27)(H,24,25)/t14-,16?/m0/s1. The first kappa shape index (κ1) is 21.9. The molecule has 1 aliphatic heterocycles. The topological polar surface area (TPSA) is 111 Å². The molecule has 0 aliphatic carbocycles. The van der Waals surface area contributed by atoms with Gasteiger partial charge in [-0.25, -0.2) is 4.79 Å². The Morgan fingerprint density at radius 2 is 2.13 bits per heavy atom. The smallest absolute Gasteiger partial charge is 0.410 e. The summed E-state index contributed by atoms with van der Waals surface area (Å²) in [7, 11) is 0. The van der Waals surface area contributed by atoms with E-state index in [0.29, 0.717) is 30.4 Å². The van der Waals surface area contributed by atoms with Crippen molar-refractivity contribution in [2.24, 2.45) is 11.7 Å². The summed E-state index contributed by atoms with van der Waals surface area (Å²) in [5.74, 6) is 0.756. The molecule has 1 saturated heterocycles. The number of nitrogens with two attached hydrogens (primary N) is 1. The van der Waals surface area contributed by atoms with Crippen LogP contribution in [0.4, 0.5) is 10.6 Å². The Morgan fingerprint density at radius 3 is 2.80 bits per heavy atom. The average molecular weight is 417 g/mol. The third kappa shape index (κ3) is 5.64. The Morgan fingerprint density at radius 1 is 1.37 bits per heavy atom. The lowest BCUT2D eigenvalue weighted by molar-refractivity contribution is -0.117. The highest BCUT2D eigenvalue weighted by Gasteiger charge is 2.31. The summed E-state index contributed by atoms with van der Waals surface area (Å²) in [4.78, 5) is 25.2. The minimum atomic E-state index is -0.481. The van der Waals surface area contributed by atoms with Gasteiger partial charge in [0.05, 0.1) is 5.39 Å². The predicted octanol–water partition coefficient (Wildman–Crippen LogP) is 3.69. The van der Waals surface area contributed by atoms with E-state index in [2.05, 4.69) is 29.5 Å². The number of ether oxygens (including phenoxy) is 1. The maximum absolute atomic E-state index is 12.4. The summed E-state index contributed by atoms with van der Waals surface area (Å²) >= 11 is 0. The van der Waals surface area contributed by atoms with Crippen LogP contribution in [0.1, 0.15) is 52.5 Å². The summed E-state index contributed by atoms with van der Waals surface area (Å²) in [5.41, 5.74) is 6.61. The van der Waals surface area contributed by atoms with Crippen molar-refractivity contribution in [3.8, 4) is 0 Å². The largest absolute Gasteiger partial charge is 0.444 e. The number of hydrogen-bond donors (Lipinski definition) is 2. The molecule has 2 atom stereocenters. The number of hydrogen-bond acceptors (Lipinski definition) is 6. The first-order chi connectivity index (χ1) is 14.1. The van der Waals surface area contributed by atoms with Crippen LogP contribution in [0.2, 0.25) is 0 Å². The number of likely N-dealkylation sites (tertiary alicyclic amines) is 1. The van der Waals surface area contributed by atoms with E-state index in [1.165, 1.54) is 5.56 Å². The Hall–Kier alpha value is -2.77. The molecule has 1 fully saturated rings. The second-order valence-corrected chi connectivity index (χ2v) is 9.12. The van der Waals surface area contributed by atoms with Crippen molar-refractivity contribution < 1.29 is 18.8 Å². The zero-order valence-electron chi connectivity index (χ0n) is 18.2. The van der Waals surface area contributed by atoms with Gasteiger partial charge in [0.2, 0.25) is 5.91 Å². The van der Waals surface area contributed by atoms with Gasteiger partial charge < -0.3 is 25.2 Å². The van der Waals surface area contributed by atoms with Gasteiger partial charge >= 0.3 is 6.09 Å². The van der Waals surface area contributed by atoms with E-state index in [1.54, 1.807) is 0 Å². The van der Waals surface area contributed by atoms with Crippen molar-refractivity contribution in [1.29, 1.82) is 0 Å². The van der Waals surface area contributed by atoms with Crippen molar-refractivity contribution >= 4 is 28.8 Å². The highest BCUT2D eigenvalue weighted by atomic mass is 16.6. The number of piperidine rings is 1. The summed E-state index contributed by atoms with van der Waals surface area (Å²) in [5, 5.41) is 8.06. The second-order valence-electron chi connectivity index (χ2n) is 9.12. The van der Waals surface area contributed by atoms with E-state index in [-0.39, 0.29) is 24.5 Å². The summed E-state index contributed by atoms with van der Waals surface area (Å²) in [6.45, 7) is 8.87. The molecular formula is C22H32N4O4. The van der Waals surface area contributed by atoms with Crippen LogP contribution >= 0.6 is 0 Å². The van der Waals surface area contributed by atoms with E-state index in [1.807, 2.05) is 31.7 Å². The molecule has 1 aliphatic rings. The van der Waals surface area contributed by atoms with E-state index < -0.39 is 5.60 Å². The van der Waals surface area contributed by atoms with Gasteiger partial charge in [-0.15, -0.1) is 0 Å². The van der Waals surface area contributed by atoms with Crippen molar-refractivity contribution in [3.05, 3.63) is 23.8 Å². The molecule has 0 bridgehead atoms. The number of benzene rings is 1. The molecule has 3 rings (SSSR count). The number of carbonyl (C=O) groups is 2. The number of nitrogens with zero attached hydrogens (tertiary/aromatic N) is 2. The lowest BCUT2D eigenvalue weighted by Gasteiger charge is -2.38. The van der Waals surface area contributed by atoms with Crippen LogP contribution in [0.25, 0.3) is 11.0 Å². The van der Waals surface area contributed by atoms with Gasteiger partial charge in [-0.2, -0.15) is 0 Å². The van der Waals surface area contributed by atoms with Crippen molar-refractivity contribution in [3.63, 3.8) is 0 Å². The number of anilines is 1. The molecule has 0 radical (unpaired) electrons. The molecule has 164 valence electrons. The van der Waals surface area contributed by atoms with Crippen molar-refractivity contribution in [1.82, 2.24) is 10.1 Å². The van der Waals surface area contributed by atoms with Gasteiger partial charge in [0.1, 0.15) is 5.60 Å². The minimum absolute atomic E-state index is 0.143. The quantitative estimate of drug-likeness (QED) is 0.743. The molecule has 2 aromatic rings. The number of primary amides is 1. The average Bonchev–Trinajstić information content (AvgIpc) is 3.02. The van der Waals surface area contributed by atoms with Gasteiger partial charge in [-0.05, 0) is 70.6 Å². The van der Waals surface area contributed by atoms with E-state index in [9.17, 15) is 9.59 Å². The Labute approximate surface area is 177 Å². The molecule has 8 heteroatoms. The van der Waals surface area contributed by atoms with Crippen LogP contribution in [0.3, 0.4) is 0 Å². The Kier molecular flexibility index (Phi) is 6.53. The zero-order chi connectivity index (χ0) is 21.9.